The van der Waals surface area contributed by atoms with Crippen LogP contribution in [0.25, 0.3) is 0 Å². The number of methoxy groups -OCH3 is 1. The molecule has 0 atom stereocenters. The van der Waals surface area contributed by atoms with Gasteiger partial charge < -0.3 is 19.5 Å². The average molecular weight is 422 g/mol. The van der Waals surface area contributed by atoms with Crippen LogP contribution in [0.2, 0.25) is 0 Å². The van der Waals surface area contributed by atoms with E-state index in [1.165, 1.54) is 0 Å². The van der Waals surface area contributed by atoms with E-state index < -0.39 is 0 Å². The Hall–Kier alpha value is -2.05. The van der Waals surface area contributed by atoms with Gasteiger partial charge in [0.2, 0.25) is 0 Å². The zero-order valence-corrected chi connectivity index (χ0v) is 16.9. The Labute approximate surface area is 162 Å². The second kappa shape index (κ2) is 10.2. The maximum absolute atomic E-state index is 12.6. The van der Waals surface area contributed by atoms with Crippen molar-refractivity contribution in [2.45, 2.75) is 27.0 Å². The largest absolute Gasteiger partial charge is 0.493 e. The fourth-order valence-electron chi connectivity index (χ4n) is 2.50. The second-order valence-electron chi connectivity index (χ2n) is 5.51. The Morgan fingerprint density at radius 2 is 1.85 bits per heavy atom. The van der Waals surface area contributed by atoms with Crippen LogP contribution in [-0.4, -0.2) is 26.2 Å². The predicted molar refractivity (Wildman–Crippen MR) is 105 cm³/mol. The molecule has 0 aliphatic rings. The summed E-state index contributed by atoms with van der Waals surface area (Å²) < 4.78 is 17.1. The summed E-state index contributed by atoms with van der Waals surface area (Å²) >= 11 is 3.44. The molecule has 1 N–H and O–H groups in total. The first kappa shape index (κ1) is 20.3. The number of ether oxygens (including phenoxy) is 3. The molecule has 0 spiro atoms. The van der Waals surface area contributed by atoms with E-state index in [0.29, 0.717) is 47.9 Å². The molecular formula is C20H24BrNO4. The van der Waals surface area contributed by atoms with Crippen LogP contribution >= 0.6 is 15.9 Å². The molecule has 26 heavy (non-hydrogen) atoms. The molecule has 0 aliphatic heterocycles. The molecule has 2 rings (SSSR count). The van der Waals surface area contributed by atoms with Crippen LogP contribution in [-0.2, 0) is 17.9 Å². The van der Waals surface area contributed by atoms with Crippen LogP contribution in [0.1, 0.15) is 35.3 Å². The van der Waals surface area contributed by atoms with Gasteiger partial charge >= 0.3 is 0 Å². The van der Waals surface area contributed by atoms with Crippen LogP contribution in [0.3, 0.4) is 0 Å². The molecule has 0 aliphatic carbocycles. The van der Waals surface area contributed by atoms with Gasteiger partial charge in [0.05, 0.1) is 24.8 Å². The summed E-state index contributed by atoms with van der Waals surface area (Å²) in [6, 6.07) is 11.3. The van der Waals surface area contributed by atoms with Crippen LogP contribution < -0.4 is 14.8 Å². The number of halogens is 1. The molecule has 0 heterocycles. The molecule has 140 valence electrons. The highest BCUT2D eigenvalue weighted by Crippen LogP contribution is 2.36. The van der Waals surface area contributed by atoms with Crippen LogP contribution in [0.4, 0.5) is 0 Å². The van der Waals surface area contributed by atoms with Crippen molar-refractivity contribution in [3.05, 3.63) is 57.6 Å². The maximum Gasteiger partial charge on any atom is 0.251 e. The lowest BCUT2D eigenvalue weighted by Gasteiger charge is -2.14. The lowest BCUT2D eigenvalue weighted by molar-refractivity contribution is 0.0949. The van der Waals surface area contributed by atoms with Crippen molar-refractivity contribution in [2.75, 3.05) is 20.3 Å². The molecule has 0 bridgehead atoms. The Morgan fingerprint density at radius 1 is 1.12 bits per heavy atom. The third-order valence-electron chi connectivity index (χ3n) is 3.80. The minimum atomic E-state index is -0.182. The van der Waals surface area contributed by atoms with Crippen LogP contribution in [0.5, 0.6) is 11.5 Å². The molecule has 0 saturated heterocycles. The number of carbonyl (C=O) groups is 1. The number of hydrogen-bond acceptors (Lipinski definition) is 4. The van der Waals surface area contributed by atoms with E-state index >= 15 is 0 Å². The highest BCUT2D eigenvalue weighted by atomic mass is 79.9. The number of rotatable bonds is 9. The topological polar surface area (TPSA) is 56.8 Å². The first-order valence-electron chi connectivity index (χ1n) is 8.53. The molecule has 0 fully saturated rings. The quantitative estimate of drug-likeness (QED) is 0.654. The summed E-state index contributed by atoms with van der Waals surface area (Å²) in [5, 5.41) is 2.95. The van der Waals surface area contributed by atoms with Gasteiger partial charge in [-0.15, -0.1) is 0 Å². The van der Waals surface area contributed by atoms with E-state index in [-0.39, 0.29) is 5.91 Å². The van der Waals surface area contributed by atoms with Gasteiger partial charge in [0.15, 0.2) is 11.5 Å². The van der Waals surface area contributed by atoms with E-state index in [1.54, 1.807) is 19.2 Å². The first-order valence-corrected chi connectivity index (χ1v) is 9.33. The van der Waals surface area contributed by atoms with Gasteiger partial charge in [-0.25, -0.2) is 0 Å². The van der Waals surface area contributed by atoms with Gasteiger partial charge in [-0.05, 0) is 53.0 Å². The number of hydrogen-bond donors (Lipinski definition) is 1. The van der Waals surface area contributed by atoms with Gasteiger partial charge in [-0.2, -0.15) is 0 Å². The Morgan fingerprint density at radius 3 is 2.50 bits per heavy atom. The van der Waals surface area contributed by atoms with Gasteiger partial charge in [0.25, 0.3) is 5.91 Å². The first-order chi connectivity index (χ1) is 12.6. The van der Waals surface area contributed by atoms with Crippen LogP contribution in [0, 0.1) is 0 Å². The molecule has 2 aromatic carbocycles. The lowest BCUT2D eigenvalue weighted by Crippen LogP contribution is -2.23. The summed E-state index contributed by atoms with van der Waals surface area (Å²) in [6.45, 7) is 5.98. The van der Waals surface area contributed by atoms with Crippen LogP contribution in [0.15, 0.2) is 40.9 Å². The Bertz CT molecular complexity index is 749. The van der Waals surface area contributed by atoms with E-state index in [4.69, 9.17) is 14.2 Å². The molecule has 0 aromatic heterocycles. The van der Waals surface area contributed by atoms with E-state index in [0.717, 1.165) is 11.1 Å². The minimum absolute atomic E-state index is 0.182. The molecule has 2 aromatic rings. The summed E-state index contributed by atoms with van der Waals surface area (Å²) in [6.07, 6.45) is 0. The molecule has 0 unspecified atom stereocenters. The average Bonchev–Trinajstić information content (AvgIpc) is 2.66. The van der Waals surface area contributed by atoms with Gasteiger partial charge in [-0.3, -0.25) is 4.79 Å². The molecular weight excluding hydrogens is 398 g/mol. The van der Waals surface area contributed by atoms with E-state index in [2.05, 4.69) is 21.2 Å². The maximum atomic E-state index is 12.6. The highest BCUT2D eigenvalue weighted by molar-refractivity contribution is 9.10. The molecule has 1 amide bonds. The molecule has 0 radical (unpaired) electrons. The fourth-order valence-corrected chi connectivity index (χ4v) is 3.05. The molecule has 5 nitrogen and oxygen atoms in total. The third kappa shape index (κ3) is 5.22. The summed E-state index contributed by atoms with van der Waals surface area (Å²) in [5.74, 6) is 0.926. The number of carbonyl (C=O) groups excluding carboxylic acids is 1. The second-order valence-corrected chi connectivity index (χ2v) is 6.37. The number of benzene rings is 2. The number of amides is 1. The van der Waals surface area contributed by atoms with Crippen molar-refractivity contribution in [3.63, 3.8) is 0 Å². The van der Waals surface area contributed by atoms with Crippen molar-refractivity contribution in [1.29, 1.82) is 0 Å². The highest BCUT2D eigenvalue weighted by Gasteiger charge is 2.15. The summed E-state index contributed by atoms with van der Waals surface area (Å²) in [4.78, 5) is 12.6. The lowest BCUT2D eigenvalue weighted by atomic mass is 10.1. The Kier molecular flexibility index (Phi) is 7.94. The summed E-state index contributed by atoms with van der Waals surface area (Å²) in [5.41, 5.74) is 2.60. The van der Waals surface area contributed by atoms with Crippen molar-refractivity contribution < 1.29 is 19.0 Å². The van der Waals surface area contributed by atoms with Gasteiger partial charge in [0.1, 0.15) is 0 Å². The SMILES string of the molecule is CCOCc1ccccc1CNC(=O)c1cc(Br)c(OCC)c(OC)c1. The number of nitrogens with one attached hydrogen (secondary N) is 1. The third-order valence-corrected chi connectivity index (χ3v) is 4.39. The predicted octanol–water partition coefficient (Wildman–Crippen LogP) is 4.32. The van der Waals surface area contributed by atoms with Crippen molar-refractivity contribution in [2.24, 2.45) is 0 Å². The van der Waals surface area contributed by atoms with Gasteiger partial charge in [0, 0.05) is 18.7 Å². The van der Waals surface area contributed by atoms with Crippen molar-refractivity contribution >= 4 is 21.8 Å². The zero-order valence-electron chi connectivity index (χ0n) is 15.3. The Balaban J connectivity index is 2.12. The van der Waals surface area contributed by atoms with Crippen molar-refractivity contribution in [3.8, 4) is 11.5 Å². The molecule has 6 heteroatoms. The standard InChI is InChI=1S/C20H24BrNO4/c1-4-25-13-15-9-7-6-8-14(15)12-22-20(23)16-10-17(21)19(26-5-2)18(11-16)24-3/h6-11H,4-5,12-13H2,1-3H3,(H,22,23). The van der Waals surface area contributed by atoms with E-state index in [9.17, 15) is 4.79 Å². The van der Waals surface area contributed by atoms with E-state index in [1.807, 2.05) is 38.1 Å². The smallest absolute Gasteiger partial charge is 0.251 e. The summed E-state index contributed by atoms with van der Waals surface area (Å²) in [7, 11) is 1.55. The molecule has 0 saturated carbocycles. The normalized spacial score (nSPS) is 10.5. The minimum Gasteiger partial charge on any atom is -0.493 e. The fraction of sp³-hybridized carbons (Fsp3) is 0.350. The van der Waals surface area contributed by atoms with Crippen molar-refractivity contribution in [1.82, 2.24) is 5.32 Å². The monoisotopic (exact) mass is 421 g/mol. The van der Waals surface area contributed by atoms with Gasteiger partial charge in [-0.1, -0.05) is 24.3 Å². The zero-order chi connectivity index (χ0) is 18.9.